The Morgan fingerprint density at radius 2 is 1.96 bits per heavy atom. The quantitative estimate of drug-likeness (QED) is 0.696. The first-order valence-electron chi connectivity index (χ1n) is 8.67. The fourth-order valence-electron chi connectivity index (χ4n) is 2.90. The van der Waals surface area contributed by atoms with Gasteiger partial charge in [0, 0.05) is 18.0 Å². The molecule has 1 aromatic carbocycles. The molecule has 0 spiro atoms. The first-order valence-corrected chi connectivity index (χ1v) is 9.49. The Labute approximate surface area is 152 Å². The van der Waals surface area contributed by atoms with Gasteiger partial charge in [0.1, 0.15) is 0 Å². The third kappa shape index (κ3) is 3.91. The number of aryl methyl sites for hydroxylation is 1. The average molecular weight is 356 g/mol. The van der Waals surface area contributed by atoms with Crippen LogP contribution in [0.4, 0.5) is 5.95 Å². The number of hydrogen-bond acceptors (Lipinski definition) is 4. The van der Waals surface area contributed by atoms with Crippen molar-refractivity contribution in [1.82, 2.24) is 14.5 Å². The zero-order valence-electron chi connectivity index (χ0n) is 15.0. The van der Waals surface area contributed by atoms with Crippen molar-refractivity contribution in [3.05, 3.63) is 46.2 Å². The predicted molar refractivity (Wildman–Crippen MR) is 105 cm³/mol. The van der Waals surface area contributed by atoms with E-state index in [1.165, 1.54) is 11.3 Å². The summed E-state index contributed by atoms with van der Waals surface area (Å²) in [6.07, 6.45) is 0. The van der Waals surface area contributed by atoms with Gasteiger partial charge >= 0.3 is 0 Å². The Kier molecular flexibility index (Phi) is 5.50. The van der Waals surface area contributed by atoms with Crippen molar-refractivity contribution in [2.24, 2.45) is 0 Å². The van der Waals surface area contributed by atoms with Crippen LogP contribution >= 0.6 is 11.3 Å². The number of rotatable bonds is 7. The summed E-state index contributed by atoms with van der Waals surface area (Å²) >= 11 is 1.50. The first kappa shape index (κ1) is 17.6. The van der Waals surface area contributed by atoms with Crippen molar-refractivity contribution in [1.29, 1.82) is 0 Å². The van der Waals surface area contributed by atoms with Gasteiger partial charge in [-0.15, -0.1) is 11.3 Å². The molecule has 2 aromatic heterocycles. The van der Waals surface area contributed by atoms with Gasteiger partial charge in [0.25, 0.3) is 5.91 Å². The summed E-state index contributed by atoms with van der Waals surface area (Å²) in [7, 11) is 0. The van der Waals surface area contributed by atoms with Crippen LogP contribution in [0.2, 0.25) is 0 Å². The molecule has 0 unspecified atom stereocenters. The molecule has 0 fully saturated rings. The normalized spacial score (nSPS) is 11.4. The number of thiophene rings is 1. The summed E-state index contributed by atoms with van der Waals surface area (Å²) in [6, 6.07) is 11.8. The lowest BCUT2D eigenvalue weighted by atomic mass is 10.3. The van der Waals surface area contributed by atoms with E-state index in [2.05, 4.69) is 39.7 Å². The Bertz CT molecular complexity index is 863. The maximum atomic E-state index is 12.5. The van der Waals surface area contributed by atoms with Crippen LogP contribution in [0.1, 0.15) is 28.4 Å². The fourth-order valence-corrected chi connectivity index (χ4v) is 3.66. The topological polar surface area (TPSA) is 50.2 Å². The predicted octanol–water partition coefficient (Wildman–Crippen LogP) is 4.00. The summed E-state index contributed by atoms with van der Waals surface area (Å²) in [5.74, 6) is 0.516. The number of likely N-dealkylation sites (N-methyl/N-ethyl adjacent to an activating group) is 1. The summed E-state index contributed by atoms with van der Waals surface area (Å²) in [6.45, 7) is 10.1. The van der Waals surface area contributed by atoms with Crippen molar-refractivity contribution in [2.75, 3.05) is 25.0 Å². The second-order valence-electron chi connectivity index (χ2n) is 5.97. The highest BCUT2D eigenvalue weighted by Crippen LogP contribution is 2.22. The molecular weight excluding hydrogens is 332 g/mol. The smallest absolute Gasteiger partial charge is 0.268 e. The molecule has 0 saturated heterocycles. The van der Waals surface area contributed by atoms with Gasteiger partial charge in [-0.25, -0.2) is 4.98 Å². The van der Waals surface area contributed by atoms with Crippen molar-refractivity contribution in [3.8, 4) is 0 Å². The number of para-hydroxylation sites is 2. The molecule has 6 heteroatoms. The lowest BCUT2D eigenvalue weighted by molar-refractivity contribution is 0.102. The minimum atomic E-state index is -0.0995. The largest absolute Gasteiger partial charge is 0.309 e. The number of nitrogens with one attached hydrogen (secondary N) is 1. The molecule has 0 bridgehead atoms. The molecule has 0 radical (unpaired) electrons. The van der Waals surface area contributed by atoms with Gasteiger partial charge < -0.3 is 9.47 Å². The minimum absolute atomic E-state index is 0.0995. The molecule has 0 aliphatic rings. The monoisotopic (exact) mass is 356 g/mol. The van der Waals surface area contributed by atoms with E-state index in [1.54, 1.807) is 0 Å². The molecular formula is C19H24N4OS. The highest BCUT2D eigenvalue weighted by atomic mass is 32.1. The van der Waals surface area contributed by atoms with E-state index in [1.807, 2.05) is 37.3 Å². The number of carbonyl (C=O) groups is 1. The lowest BCUT2D eigenvalue weighted by Gasteiger charge is -2.19. The van der Waals surface area contributed by atoms with Crippen LogP contribution in [-0.2, 0) is 6.54 Å². The summed E-state index contributed by atoms with van der Waals surface area (Å²) < 4.78 is 2.10. The molecule has 3 aromatic rings. The molecule has 2 heterocycles. The van der Waals surface area contributed by atoms with E-state index >= 15 is 0 Å². The highest BCUT2D eigenvalue weighted by Gasteiger charge is 2.15. The number of aromatic nitrogens is 2. The summed E-state index contributed by atoms with van der Waals surface area (Å²) in [4.78, 5) is 21.4. The van der Waals surface area contributed by atoms with Crippen LogP contribution in [0, 0.1) is 6.92 Å². The van der Waals surface area contributed by atoms with E-state index in [0.717, 1.165) is 42.1 Å². The third-order valence-electron chi connectivity index (χ3n) is 4.38. The third-order valence-corrected chi connectivity index (χ3v) is 5.38. The molecule has 132 valence electrons. The summed E-state index contributed by atoms with van der Waals surface area (Å²) in [5, 5.41) is 2.99. The second kappa shape index (κ2) is 7.80. The van der Waals surface area contributed by atoms with Crippen LogP contribution in [-0.4, -0.2) is 40.0 Å². The summed E-state index contributed by atoms with van der Waals surface area (Å²) in [5.41, 5.74) is 1.95. The molecule has 1 amide bonds. The van der Waals surface area contributed by atoms with Crippen molar-refractivity contribution >= 4 is 34.2 Å². The van der Waals surface area contributed by atoms with E-state index in [4.69, 9.17) is 0 Å². The van der Waals surface area contributed by atoms with Crippen molar-refractivity contribution in [2.45, 2.75) is 27.3 Å². The fraction of sp³-hybridized carbons (Fsp3) is 0.368. The van der Waals surface area contributed by atoms with Crippen LogP contribution in [0.25, 0.3) is 11.0 Å². The second-order valence-corrected chi connectivity index (χ2v) is 7.25. The maximum Gasteiger partial charge on any atom is 0.268 e. The van der Waals surface area contributed by atoms with E-state index in [-0.39, 0.29) is 5.91 Å². The highest BCUT2D eigenvalue weighted by molar-refractivity contribution is 7.14. The van der Waals surface area contributed by atoms with Gasteiger partial charge in [0.05, 0.1) is 15.9 Å². The zero-order valence-corrected chi connectivity index (χ0v) is 15.8. The van der Waals surface area contributed by atoms with Crippen molar-refractivity contribution < 1.29 is 4.79 Å². The lowest BCUT2D eigenvalue weighted by Crippen LogP contribution is -2.27. The molecule has 25 heavy (non-hydrogen) atoms. The van der Waals surface area contributed by atoms with Gasteiger partial charge in [-0.3, -0.25) is 10.1 Å². The average Bonchev–Trinajstić information content (AvgIpc) is 3.20. The van der Waals surface area contributed by atoms with E-state index < -0.39 is 0 Å². The van der Waals surface area contributed by atoms with Gasteiger partial charge in [-0.2, -0.15) is 0 Å². The molecule has 0 saturated carbocycles. The number of amides is 1. The van der Waals surface area contributed by atoms with Crippen LogP contribution in [0.5, 0.6) is 0 Å². The van der Waals surface area contributed by atoms with E-state index in [0.29, 0.717) is 10.8 Å². The molecule has 1 N–H and O–H groups in total. The molecule has 0 aliphatic heterocycles. The Morgan fingerprint density at radius 1 is 1.20 bits per heavy atom. The zero-order chi connectivity index (χ0) is 17.8. The standard InChI is InChI=1S/C19H24N4OS/c1-4-22(5-2)12-13-23-16-9-7-6-8-15(16)20-19(23)21-18(24)17-11-10-14(3)25-17/h6-11H,4-5,12-13H2,1-3H3,(H,20,21,24). The van der Waals surface area contributed by atoms with Gasteiger partial charge in [0.15, 0.2) is 0 Å². The molecule has 5 nitrogen and oxygen atoms in total. The molecule has 0 atom stereocenters. The number of carbonyl (C=O) groups excluding carboxylic acids is 1. The molecule has 3 rings (SSSR count). The van der Waals surface area contributed by atoms with Gasteiger partial charge in [-0.1, -0.05) is 26.0 Å². The van der Waals surface area contributed by atoms with Crippen LogP contribution < -0.4 is 5.32 Å². The number of imidazole rings is 1. The first-order chi connectivity index (χ1) is 12.1. The van der Waals surface area contributed by atoms with Gasteiger partial charge in [0.2, 0.25) is 5.95 Å². The SMILES string of the molecule is CCN(CC)CCn1c(NC(=O)c2ccc(C)s2)nc2ccccc21. The number of fused-ring (bicyclic) bond motifs is 1. The molecule has 0 aliphatic carbocycles. The number of hydrogen-bond donors (Lipinski definition) is 1. The Balaban J connectivity index is 1.88. The van der Waals surface area contributed by atoms with Crippen molar-refractivity contribution in [3.63, 3.8) is 0 Å². The van der Waals surface area contributed by atoms with Crippen LogP contribution in [0.15, 0.2) is 36.4 Å². The van der Waals surface area contributed by atoms with Crippen LogP contribution in [0.3, 0.4) is 0 Å². The maximum absolute atomic E-state index is 12.5. The minimum Gasteiger partial charge on any atom is -0.309 e. The van der Waals surface area contributed by atoms with E-state index in [9.17, 15) is 4.79 Å². The number of benzene rings is 1. The Hall–Kier alpha value is -2.18. The number of anilines is 1. The number of nitrogens with zero attached hydrogens (tertiary/aromatic N) is 3. The Morgan fingerprint density at radius 3 is 2.64 bits per heavy atom. The van der Waals surface area contributed by atoms with Gasteiger partial charge in [-0.05, 0) is 44.3 Å².